The standard InChI is InChI=1S/C21H24ClFN4O2/c1-15(26-21(28)14-29-17-4-5-18(22)19(23)13-17)6-8-24-20-12-16(7-9-25-20)27-10-2-3-11-27/h4-5,7,9,12-13H,1-3,6,8,10-11,14H2,(H,24,25)(H,26,28). The fourth-order valence-corrected chi connectivity index (χ4v) is 3.16. The molecule has 0 spiro atoms. The molecule has 1 aromatic heterocycles. The van der Waals surface area contributed by atoms with Crippen molar-refractivity contribution in [3.63, 3.8) is 0 Å². The molecule has 1 aliphatic heterocycles. The first-order chi connectivity index (χ1) is 14.0. The molecule has 0 unspecified atom stereocenters. The van der Waals surface area contributed by atoms with Crippen LogP contribution in [-0.4, -0.2) is 37.1 Å². The quantitative estimate of drug-likeness (QED) is 0.644. The lowest BCUT2D eigenvalue weighted by Gasteiger charge is -2.18. The largest absolute Gasteiger partial charge is 0.484 e. The van der Waals surface area contributed by atoms with Crippen LogP contribution in [0.4, 0.5) is 15.9 Å². The molecule has 2 N–H and O–H groups in total. The molecule has 2 aromatic rings. The number of ether oxygens (including phenoxy) is 1. The Hall–Kier alpha value is -2.80. The predicted molar refractivity (Wildman–Crippen MR) is 113 cm³/mol. The van der Waals surface area contributed by atoms with Crippen molar-refractivity contribution in [2.45, 2.75) is 19.3 Å². The molecule has 2 heterocycles. The normalized spacial score (nSPS) is 13.2. The Bertz CT molecular complexity index is 872. The van der Waals surface area contributed by atoms with Crippen molar-refractivity contribution < 1.29 is 13.9 Å². The maximum absolute atomic E-state index is 13.4. The SMILES string of the molecule is C=C(CCNc1cc(N2CCCC2)ccn1)NC(=O)COc1ccc(Cl)c(F)c1. The van der Waals surface area contributed by atoms with Gasteiger partial charge in [0, 0.05) is 55.8 Å². The van der Waals surface area contributed by atoms with Gasteiger partial charge in [-0.15, -0.1) is 0 Å². The molecule has 0 saturated carbocycles. The molecular formula is C21H24ClFN4O2. The van der Waals surface area contributed by atoms with E-state index in [1.807, 2.05) is 12.1 Å². The van der Waals surface area contributed by atoms with Crippen LogP contribution in [0.5, 0.6) is 5.75 Å². The van der Waals surface area contributed by atoms with Gasteiger partial charge < -0.3 is 20.3 Å². The molecule has 0 aliphatic carbocycles. The van der Waals surface area contributed by atoms with Gasteiger partial charge in [0.1, 0.15) is 17.4 Å². The fourth-order valence-electron chi connectivity index (χ4n) is 3.04. The third kappa shape index (κ3) is 6.35. The van der Waals surface area contributed by atoms with Crippen molar-refractivity contribution in [2.75, 3.05) is 36.5 Å². The average Bonchev–Trinajstić information content (AvgIpc) is 3.24. The van der Waals surface area contributed by atoms with Gasteiger partial charge in [-0.2, -0.15) is 0 Å². The number of pyridine rings is 1. The van der Waals surface area contributed by atoms with Crippen LogP contribution in [0.2, 0.25) is 5.02 Å². The number of carbonyl (C=O) groups is 1. The van der Waals surface area contributed by atoms with Gasteiger partial charge in [0.2, 0.25) is 0 Å². The van der Waals surface area contributed by atoms with Crippen LogP contribution in [0.15, 0.2) is 48.8 Å². The van der Waals surface area contributed by atoms with Crippen LogP contribution < -0.4 is 20.3 Å². The summed E-state index contributed by atoms with van der Waals surface area (Å²) in [5, 5.41) is 5.92. The van der Waals surface area contributed by atoms with Crippen molar-refractivity contribution in [2.24, 2.45) is 0 Å². The minimum absolute atomic E-state index is 0.00290. The van der Waals surface area contributed by atoms with E-state index in [2.05, 4.69) is 27.1 Å². The number of hydrogen-bond donors (Lipinski definition) is 2. The fraction of sp³-hybridized carbons (Fsp3) is 0.333. The van der Waals surface area contributed by atoms with Crippen LogP contribution >= 0.6 is 11.6 Å². The lowest BCUT2D eigenvalue weighted by atomic mass is 10.3. The van der Waals surface area contributed by atoms with Crippen LogP contribution in [0.1, 0.15) is 19.3 Å². The molecule has 1 fully saturated rings. The first-order valence-electron chi connectivity index (χ1n) is 9.51. The molecular weight excluding hydrogens is 395 g/mol. The zero-order valence-electron chi connectivity index (χ0n) is 16.1. The molecule has 1 saturated heterocycles. The van der Waals surface area contributed by atoms with Gasteiger partial charge >= 0.3 is 0 Å². The van der Waals surface area contributed by atoms with Gasteiger partial charge in [-0.05, 0) is 31.0 Å². The van der Waals surface area contributed by atoms with E-state index in [1.165, 1.54) is 30.7 Å². The van der Waals surface area contributed by atoms with Crippen LogP contribution in [-0.2, 0) is 4.79 Å². The number of nitrogens with zero attached hydrogens (tertiary/aromatic N) is 2. The van der Waals surface area contributed by atoms with Gasteiger partial charge in [0.05, 0.1) is 5.02 Å². The Labute approximate surface area is 174 Å². The zero-order chi connectivity index (χ0) is 20.6. The summed E-state index contributed by atoms with van der Waals surface area (Å²) in [5.74, 6) is 0.0712. The molecule has 0 atom stereocenters. The lowest BCUT2D eigenvalue weighted by Crippen LogP contribution is -2.28. The molecule has 154 valence electrons. The first-order valence-corrected chi connectivity index (χ1v) is 9.89. The smallest absolute Gasteiger partial charge is 0.262 e. The van der Waals surface area contributed by atoms with Crippen molar-refractivity contribution in [3.05, 3.63) is 59.6 Å². The molecule has 8 heteroatoms. The maximum Gasteiger partial charge on any atom is 0.262 e. The monoisotopic (exact) mass is 418 g/mol. The second-order valence-electron chi connectivity index (χ2n) is 6.79. The number of rotatable bonds is 9. The van der Waals surface area contributed by atoms with E-state index >= 15 is 0 Å². The number of amides is 1. The Kier molecular flexibility index (Phi) is 7.30. The van der Waals surface area contributed by atoms with Crippen LogP contribution in [0.25, 0.3) is 0 Å². The molecule has 3 rings (SSSR count). The molecule has 1 aliphatic rings. The summed E-state index contributed by atoms with van der Waals surface area (Å²) in [5.41, 5.74) is 1.73. The summed E-state index contributed by atoms with van der Waals surface area (Å²) in [6.07, 6.45) is 4.78. The predicted octanol–water partition coefficient (Wildman–Crippen LogP) is 3.99. The maximum atomic E-state index is 13.4. The van der Waals surface area contributed by atoms with E-state index in [4.69, 9.17) is 16.3 Å². The molecule has 6 nitrogen and oxygen atoms in total. The van der Waals surface area contributed by atoms with Gasteiger partial charge in [0.15, 0.2) is 6.61 Å². The summed E-state index contributed by atoms with van der Waals surface area (Å²) in [6.45, 7) is 6.35. The van der Waals surface area contributed by atoms with Gasteiger partial charge in [-0.1, -0.05) is 18.2 Å². The van der Waals surface area contributed by atoms with Crippen LogP contribution in [0.3, 0.4) is 0 Å². The average molecular weight is 419 g/mol. The summed E-state index contributed by atoms with van der Waals surface area (Å²) >= 11 is 5.61. The Balaban J connectivity index is 1.37. The minimum atomic E-state index is -0.595. The van der Waals surface area contributed by atoms with E-state index in [-0.39, 0.29) is 23.3 Å². The Morgan fingerprint density at radius 1 is 1.28 bits per heavy atom. The number of benzene rings is 1. The van der Waals surface area contributed by atoms with Crippen LogP contribution in [0, 0.1) is 5.82 Å². The number of halogens is 2. The number of aromatic nitrogens is 1. The highest BCUT2D eigenvalue weighted by Gasteiger charge is 2.12. The first kappa shape index (κ1) is 20.9. The minimum Gasteiger partial charge on any atom is -0.484 e. The van der Waals surface area contributed by atoms with Crippen molar-refractivity contribution in [1.82, 2.24) is 10.3 Å². The summed E-state index contributed by atoms with van der Waals surface area (Å²) in [7, 11) is 0. The third-order valence-electron chi connectivity index (χ3n) is 4.52. The van der Waals surface area contributed by atoms with Crippen molar-refractivity contribution in [3.8, 4) is 5.75 Å². The molecule has 1 amide bonds. The summed E-state index contributed by atoms with van der Waals surface area (Å²) < 4.78 is 18.6. The highest BCUT2D eigenvalue weighted by atomic mass is 35.5. The van der Waals surface area contributed by atoms with Gasteiger partial charge in [0.25, 0.3) is 5.91 Å². The molecule has 29 heavy (non-hydrogen) atoms. The number of hydrogen-bond acceptors (Lipinski definition) is 5. The number of carbonyl (C=O) groups excluding carboxylic acids is 1. The summed E-state index contributed by atoms with van der Waals surface area (Å²) in [6, 6.07) is 8.06. The highest BCUT2D eigenvalue weighted by Crippen LogP contribution is 2.22. The van der Waals surface area contributed by atoms with E-state index in [0.717, 1.165) is 25.0 Å². The van der Waals surface area contributed by atoms with E-state index in [1.54, 1.807) is 6.20 Å². The highest BCUT2D eigenvalue weighted by molar-refractivity contribution is 6.30. The van der Waals surface area contributed by atoms with Gasteiger partial charge in [-0.3, -0.25) is 4.79 Å². The van der Waals surface area contributed by atoms with Crippen molar-refractivity contribution in [1.29, 1.82) is 0 Å². The Morgan fingerprint density at radius 3 is 2.83 bits per heavy atom. The zero-order valence-corrected chi connectivity index (χ0v) is 16.8. The summed E-state index contributed by atoms with van der Waals surface area (Å²) in [4.78, 5) is 18.6. The second kappa shape index (κ2) is 10.1. The van der Waals surface area contributed by atoms with E-state index < -0.39 is 5.82 Å². The second-order valence-corrected chi connectivity index (χ2v) is 7.19. The van der Waals surface area contributed by atoms with E-state index in [0.29, 0.717) is 18.7 Å². The molecule has 1 aromatic carbocycles. The van der Waals surface area contributed by atoms with E-state index in [9.17, 15) is 9.18 Å². The topological polar surface area (TPSA) is 66.5 Å². The molecule has 0 bridgehead atoms. The number of anilines is 2. The van der Waals surface area contributed by atoms with Crippen molar-refractivity contribution >= 4 is 29.0 Å². The lowest BCUT2D eigenvalue weighted by molar-refractivity contribution is -0.122. The number of nitrogens with one attached hydrogen (secondary N) is 2. The van der Waals surface area contributed by atoms with Gasteiger partial charge in [-0.25, -0.2) is 9.37 Å². The Morgan fingerprint density at radius 2 is 2.07 bits per heavy atom. The third-order valence-corrected chi connectivity index (χ3v) is 4.83. The molecule has 0 radical (unpaired) electrons.